The molecule has 0 saturated heterocycles. The van der Waals surface area contributed by atoms with Crippen molar-refractivity contribution in [1.29, 1.82) is 0 Å². The van der Waals surface area contributed by atoms with Gasteiger partial charge in [-0.15, -0.1) is 0 Å². The van der Waals surface area contributed by atoms with Gasteiger partial charge in [0.15, 0.2) is 5.78 Å². The van der Waals surface area contributed by atoms with Gasteiger partial charge in [0.25, 0.3) is 0 Å². The van der Waals surface area contributed by atoms with Gasteiger partial charge < -0.3 is 4.79 Å². The number of nitrogens with one attached hydrogen (secondary N) is 1. The van der Waals surface area contributed by atoms with Crippen LogP contribution in [0.5, 0.6) is 0 Å². The monoisotopic (exact) mass is 239 g/mol. The van der Waals surface area contributed by atoms with Crippen LogP contribution in [-0.2, 0) is 11.2 Å². The zero-order valence-electron chi connectivity index (χ0n) is 10.3. The van der Waals surface area contributed by atoms with E-state index in [1.54, 1.807) is 6.08 Å². The molecule has 0 radical (unpaired) electrons. The van der Waals surface area contributed by atoms with Crippen LogP contribution >= 0.6 is 0 Å². The number of ketones is 1. The summed E-state index contributed by atoms with van der Waals surface area (Å²) in [5.41, 5.74) is 2.96. The van der Waals surface area contributed by atoms with Gasteiger partial charge in [-0.05, 0) is 37.1 Å². The largest absolute Gasteiger partial charge is 0.308 e. The fourth-order valence-corrected chi connectivity index (χ4v) is 1.82. The maximum atomic E-state index is 11.2. The van der Waals surface area contributed by atoms with Gasteiger partial charge >= 0.3 is 0 Å². The molecular formula is C14H13N3O. The third-order valence-corrected chi connectivity index (χ3v) is 2.79. The van der Waals surface area contributed by atoms with E-state index in [1.807, 2.05) is 25.1 Å². The van der Waals surface area contributed by atoms with Crippen molar-refractivity contribution in [2.45, 2.75) is 20.3 Å². The van der Waals surface area contributed by atoms with Gasteiger partial charge in [-0.3, -0.25) is 5.10 Å². The first kappa shape index (κ1) is 12.1. The van der Waals surface area contributed by atoms with Crippen LogP contribution in [0.25, 0.3) is 21.8 Å². The van der Waals surface area contributed by atoms with Crippen LogP contribution in [-0.4, -0.2) is 16.0 Å². The first-order valence-corrected chi connectivity index (χ1v) is 5.72. The van der Waals surface area contributed by atoms with Crippen LogP contribution in [0.2, 0.25) is 0 Å². The number of benzene rings is 1. The number of nitrogens with zero attached hydrogens (tertiary/aromatic N) is 2. The SMILES string of the molecule is [C-]#[N+]/C(=C\c1ccc2[nH]nc(CC)c2c1)C(C)=O. The van der Waals surface area contributed by atoms with Crippen molar-refractivity contribution in [3.05, 3.63) is 46.6 Å². The van der Waals surface area contributed by atoms with E-state index >= 15 is 0 Å². The predicted molar refractivity (Wildman–Crippen MR) is 70.7 cm³/mol. The van der Waals surface area contributed by atoms with Crippen molar-refractivity contribution in [3.63, 3.8) is 0 Å². The minimum atomic E-state index is -0.215. The normalized spacial score (nSPS) is 11.5. The van der Waals surface area contributed by atoms with Crippen LogP contribution in [0, 0.1) is 6.57 Å². The molecule has 0 fully saturated rings. The lowest BCUT2D eigenvalue weighted by Gasteiger charge is -1.97. The Morgan fingerprint density at radius 1 is 1.56 bits per heavy atom. The third-order valence-electron chi connectivity index (χ3n) is 2.79. The van der Waals surface area contributed by atoms with Crippen molar-refractivity contribution in [2.75, 3.05) is 0 Å². The van der Waals surface area contributed by atoms with E-state index in [1.165, 1.54) is 6.92 Å². The summed E-state index contributed by atoms with van der Waals surface area (Å²) in [4.78, 5) is 14.4. The Labute approximate surface area is 105 Å². The summed E-state index contributed by atoms with van der Waals surface area (Å²) in [5.74, 6) is -0.215. The second-order valence-electron chi connectivity index (χ2n) is 4.03. The summed E-state index contributed by atoms with van der Waals surface area (Å²) in [7, 11) is 0. The molecule has 4 nitrogen and oxygen atoms in total. The van der Waals surface area contributed by atoms with E-state index in [0.29, 0.717) is 0 Å². The fraction of sp³-hybridized carbons (Fsp3) is 0.214. The number of aryl methyl sites for hydroxylation is 1. The average molecular weight is 239 g/mol. The summed E-state index contributed by atoms with van der Waals surface area (Å²) in [5, 5.41) is 8.22. The average Bonchev–Trinajstić information content (AvgIpc) is 2.77. The summed E-state index contributed by atoms with van der Waals surface area (Å²) in [6.45, 7) is 10.4. The van der Waals surface area contributed by atoms with Gasteiger partial charge in [-0.1, -0.05) is 13.0 Å². The number of H-pyrrole nitrogens is 1. The number of Topliss-reactive ketones (excluding diaryl/α,β-unsaturated/α-hetero) is 1. The van der Waals surface area contributed by atoms with Gasteiger partial charge in [0.2, 0.25) is 5.70 Å². The molecule has 0 unspecified atom stereocenters. The summed E-state index contributed by atoms with van der Waals surface area (Å²) in [6.07, 6.45) is 2.46. The minimum Gasteiger partial charge on any atom is -0.308 e. The van der Waals surface area contributed by atoms with Crippen molar-refractivity contribution >= 4 is 22.8 Å². The zero-order chi connectivity index (χ0) is 13.1. The highest BCUT2D eigenvalue weighted by molar-refractivity contribution is 6.00. The molecule has 1 aromatic heterocycles. The van der Waals surface area contributed by atoms with E-state index in [0.717, 1.165) is 28.6 Å². The molecule has 0 atom stereocenters. The second kappa shape index (κ2) is 4.84. The van der Waals surface area contributed by atoms with Gasteiger partial charge in [0.05, 0.1) is 17.8 Å². The fourth-order valence-electron chi connectivity index (χ4n) is 1.82. The summed E-state index contributed by atoms with van der Waals surface area (Å²) < 4.78 is 0. The lowest BCUT2D eigenvalue weighted by Crippen LogP contribution is -1.90. The Morgan fingerprint density at radius 2 is 2.33 bits per heavy atom. The minimum absolute atomic E-state index is 0.149. The van der Waals surface area contributed by atoms with Crippen molar-refractivity contribution in [2.24, 2.45) is 0 Å². The van der Waals surface area contributed by atoms with E-state index in [2.05, 4.69) is 15.0 Å². The predicted octanol–water partition coefficient (Wildman–Crippen LogP) is 2.97. The molecule has 1 aromatic carbocycles. The Morgan fingerprint density at radius 3 is 2.94 bits per heavy atom. The van der Waals surface area contributed by atoms with Crippen molar-refractivity contribution in [3.8, 4) is 0 Å². The topological polar surface area (TPSA) is 50.1 Å². The maximum absolute atomic E-state index is 11.2. The number of rotatable bonds is 3. The Kier molecular flexibility index (Phi) is 3.24. The number of hydrogen-bond donors (Lipinski definition) is 1. The van der Waals surface area contributed by atoms with Crippen LogP contribution < -0.4 is 0 Å². The van der Waals surface area contributed by atoms with E-state index in [-0.39, 0.29) is 11.5 Å². The molecule has 0 bridgehead atoms. The molecule has 90 valence electrons. The first-order valence-electron chi connectivity index (χ1n) is 5.72. The van der Waals surface area contributed by atoms with Crippen molar-refractivity contribution in [1.82, 2.24) is 10.2 Å². The number of allylic oxidation sites excluding steroid dienone is 1. The Hall–Kier alpha value is -2.41. The number of fused-ring (bicyclic) bond motifs is 1. The molecule has 1 heterocycles. The highest BCUT2D eigenvalue weighted by Crippen LogP contribution is 2.20. The number of carbonyl (C=O) groups excluding carboxylic acids is 1. The molecule has 0 saturated carbocycles. The second-order valence-corrected chi connectivity index (χ2v) is 4.03. The van der Waals surface area contributed by atoms with Crippen LogP contribution in [0.3, 0.4) is 0 Å². The summed E-state index contributed by atoms with van der Waals surface area (Å²) in [6, 6.07) is 5.73. The van der Waals surface area contributed by atoms with Gasteiger partial charge in [0.1, 0.15) is 0 Å². The molecule has 1 N–H and O–H groups in total. The molecule has 0 aliphatic carbocycles. The number of carbonyl (C=O) groups is 1. The third kappa shape index (κ3) is 2.16. The Balaban J connectivity index is 2.53. The number of aromatic nitrogens is 2. The molecular weight excluding hydrogens is 226 g/mol. The standard InChI is InChI=1S/C14H13N3O/c1-4-12-11-7-10(5-6-13(11)17-16-12)8-14(15-3)9(2)18/h5-8H,4H2,1-2H3,(H,16,17)/b14-8-. The van der Waals surface area contributed by atoms with Crippen LogP contribution in [0.1, 0.15) is 25.1 Å². The Bertz CT molecular complexity index is 674. The quantitative estimate of drug-likeness (QED) is 0.661. The highest BCUT2D eigenvalue weighted by Gasteiger charge is 2.06. The molecule has 18 heavy (non-hydrogen) atoms. The molecule has 0 aliphatic rings. The maximum Gasteiger partial charge on any atom is 0.229 e. The number of aromatic amines is 1. The lowest BCUT2D eigenvalue weighted by atomic mass is 10.1. The molecule has 2 rings (SSSR count). The summed E-state index contributed by atoms with van der Waals surface area (Å²) >= 11 is 0. The van der Waals surface area contributed by atoms with Gasteiger partial charge in [0, 0.05) is 5.39 Å². The molecule has 0 aliphatic heterocycles. The lowest BCUT2D eigenvalue weighted by molar-refractivity contribution is -0.113. The van der Waals surface area contributed by atoms with E-state index < -0.39 is 0 Å². The van der Waals surface area contributed by atoms with Gasteiger partial charge in [-0.2, -0.15) is 5.10 Å². The zero-order valence-corrected chi connectivity index (χ0v) is 10.3. The van der Waals surface area contributed by atoms with Gasteiger partial charge in [-0.25, -0.2) is 4.85 Å². The molecule has 0 amide bonds. The van der Waals surface area contributed by atoms with Crippen molar-refractivity contribution < 1.29 is 4.79 Å². The smallest absolute Gasteiger partial charge is 0.229 e. The molecule has 2 aromatic rings. The molecule has 4 heteroatoms. The van der Waals surface area contributed by atoms with Crippen LogP contribution in [0.4, 0.5) is 0 Å². The van der Waals surface area contributed by atoms with E-state index in [4.69, 9.17) is 6.57 Å². The molecule has 0 spiro atoms. The number of hydrogen-bond acceptors (Lipinski definition) is 2. The van der Waals surface area contributed by atoms with Crippen LogP contribution in [0.15, 0.2) is 23.9 Å². The first-order chi connectivity index (χ1) is 8.65. The van der Waals surface area contributed by atoms with E-state index in [9.17, 15) is 4.79 Å². The highest BCUT2D eigenvalue weighted by atomic mass is 16.1.